The lowest BCUT2D eigenvalue weighted by Gasteiger charge is -2.32. The quantitative estimate of drug-likeness (QED) is 0.200. The molecule has 0 saturated heterocycles. The highest BCUT2D eigenvalue weighted by Crippen LogP contribution is 2.35. The van der Waals surface area contributed by atoms with Crippen LogP contribution in [0.4, 0.5) is 0 Å². The summed E-state index contributed by atoms with van der Waals surface area (Å²) in [6.45, 7) is 12.0. The van der Waals surface area contributed by atoms with Crippen LogP contribution < -0.4 is 0 Å². The van der Waals surface area contributed by atoms with E-state index in [1.54, 1.807) is 12.1 Å². The first-order valence-electron chi connectivity index (χ1n) is 14.2. The minimum atomic E-state index is -0.663. The number of phenols is 1. The molecule has 0 aliphatic rings. The highest BCUT2D eigenvalue weighted by atomic mass is 16.4. The van der Waals surface area contributed by atoms with Crippen LogP contribution in [0.3, 0.4) is 0 Å². The lowest BCUT2D eigenvalue weighted by Crippen LogP contribution is -2.38. The molecule has 0 aliphatic heterocycles. The van der Waals surface area contributed by atoms with Gasteiger partial charge in [-0.2, -0.15) is 0 Å². The predicted molar refractivity (Wildman–Crippen MR) is 154 cm³/mol. The Morgan fingerprint density at radius 1 is 0.865 bits per heavy atom. The monoisotopic (exact) mass is 513 g/mol. The molecule has 0 unspecified atom stereocenters. The third kappa shape index (κ3) is 13.1. The molecule has 0 fully saturated rings. The lowest BCUT2D eigenvalue weighted by molar-refractivity contribution is -0.137. The molecule has 1 atom stereocenters. The fourth-order valence-corrected chi connectivity index (χ4v) is 4.79. The van der Waals surface area contributed by atoms with Gasteiger partial charge in [0.25, 0.3) is 0 Å². The Balaban J connectivity index is 0.000000482. The Kier molecular flexibility index (Phi) is 16.6. The summed E-state index contributed by atoms with van der Waals surface area (Å²) in [7, 11) is 0. The van der Waals surface area contributed by atoms with Gasteiger partial charge in [-0.25, -0.2) is 0 Å². The van der Waals surface area contributed by atoms with Crippen LogP contribution in [0, 0.1) is 0 Å². The van der Waals surface area contributed by atoms with Crippen molar-refractivity contribution in [1.82, 2.24) is 4.90 Å². The Hall–Kier alpha value is -2.37. The largest absolute Gasteiger partial charge is 0.508 e. The average Bonchev–Trinajstić information content (AvgIpc) is 2.87. The van der Waals surface area contributed by atoms with Gasteiger partial charge in [-0.15, -0.1) is 0 Å². The van der Waals surface area contributed by atoms with Gasteiger partial charge in [-0.05, 0) is 70.3 Å². The Bertz CT molecular complexity index is 858. The summed E-state index contributed by atoms with van der Waals surface area (Å²) in [5.74, 6) is -0.261. The summed E-state index contributed by atoms with van der Waals surface area (Å²) in [5, 5.41) is 28.3. The smallest absolute Gasteiger partial charge is 0.303 e. The number of rotatable bonds is 16. The second-order valence-corrected chi connectivity index (χ2v) is 10.5. The van der Waals surface area contributed by atoms with Crippen LogP contribution >= 0.6 is 0 Å². The summed E-state index contributed by atoms with van der Waals surface area (Å²) in [6.07, 6.45) is 9.56. The van der Waals surface area contributed by atoms with Crippen molar-refractivity contribution in [1.29, 1.82) is 0 Å². The Morgan fingerprint density at radius 3 is 2.00 bits per heavy atom. The molecule has 0 radical (unpaired) electrons. The van der Waals surface area contributed by atoms with Crippen LogP contribution in [-0.4, -0.2) is 44.8 Å². The van der Waals surface area contributed by atoms with E-state index in [1.807, 2.05) is 24.3 Å². The Morgan fingerprint density at radius 2 is 1.46 bits per heavy atom. The average molecular weight is 514 g/mol. The van der Waals surface area contributed by atoms with E-state index in [0.717, 1.165) is 36.9 Å². The van der Waals surface area contributed by atoms with E-state index in [1.165, 1.54) is 37.7 Å². The SMILES string of the molecule is CC(C)N(CC[C@H](c1ccccc1)c1cc(CO)ccc1O)C(C)C.CCCCCCCCCC(=O)O. The van der Waals surface area contributed by atoms with Gasteiger partial charge in [0.2, 0.25) is 0 Å². The molecule has 37 heavy (non-hydrogen) atoms. The number of aromatic hydroxyl groups is 1. The zero-order valence-corrected chi connectivity index (χ0v) is 23.8. The molecule has 0 heterocycles. The molecule has 2 aromatic carbocycles. The van der Waals surface area contributed by atoms with Crippen LogP contribution in [0.1, 0.15) is 115 Å². The van der Waals surface area contributed by atoms with Gasteiger partial charge in [-0.1, -0.05) is 81.8 Å². The first-order valence-corrected chi connectivity index (χ1v) is 14.2. The Labute approximate surface area is 225 Å². The molecular formula is C32H51NO4. The normalized spacial score (nSPS) is 12.0. The van der Waals surface area contributed by atoms with E-state index in [-0.39, 0.29) is 12.5 Å². The molecule has 0 aromatic heterocycles. The number of unbranched alkanes of at least 4 members (excludes halogenated alkanes) is 6. The van der Waals surface area contributed by atoms with Crippen molar-refractivity contribution in [3.63, 3.8) is 0 Å². The van der Waals surface area contributed by atoms with Crippen molar-refractivity contribution in [2.45, 2.75) is 117 Å². The zero-order chi connectivity index (χ0) is 27.6. The van der Waals surface area contributed by atoms with Crippen molar-refractivity contribution in [2.75, 3.05) is 6.54 Å². The van der Waals surface area contributed by atoms with Gasteiger partial charge in [0.05, 0.1) is 6.61 Å². The van der Waals surface area contributed by atoms with Crippen LogP contribution in [0.2, 0.25) is 0 Å². The number of aliphatic hydroxyl groups is 1. The van der Waals surface area contributed by atoms with Gasteiger partial charge in [-0.3, -0.25) is 9.69 Å². The molecule has 0 spiro atoms. The summed E-state index contributed by atoms with van der Waals surface area (Å²) in [6, 6.07) is 16.7. The lowest BCUT2D eigenvalue weighted by atomic mass is 9.86. The number of hydrogen-bond acceptors (Lipinski definition) is 4. The fourth-order valence-electron chi connectivity index (χ4n) is 4.79. The van der Waals surface area contributed by atoms with E-state index in [9.17, 15) is 15.0 Å². The topological polar surface area (TPSA) is 81.0 Å². The number of carboxylic acid groups (broad SMARTS) is 1. The van der Waals surface area contributed by atoms with Crippen LogP contribution in [0.15, 0.2) is 48.5 Å². The van der Waals surface area contributed by atoms with Gasteiger partial charge >= 0.3 is 5.97 Å². The number of phenolic OH excluding ortho intramolecular Hbond substituents is 1. The van der Waals surface area contributed by atoms with Crippen LogP contribution in [0.25, 0.3) is 0 Å². The second-order valence-electron chi connectivity index (χ2n) is 10.5. The number of carboxylic acids is 1. The predicted octanol–water partition coefficient (Wildman–Crippen LogP) is 7.74. The van der Waals surface area contributed by atoms with E-state index >= 15 is 0 Å². The van der Waals surface area contributed by atoms with E-state index in [4.69, 9.17) is 5.11 Å². The van der Waals surface area contributed by atoms with Crippen molar-refractivity contribution in [3.05, 3.63) is 65.2 Å². The molecule has 5 heteroatoms. The third-order valence-electron chi connectivity index (χ3n) is 6.85. The maximum Gasteiger partial charge on any atom is 0.303 e. The fraction of sp³-hybridized carbons (Fsp3) is 0.594. The molecule has 0 bridgehead atoms. The number of hydrogen-bond donors (Lipinski definition) is 3. The minimum absolute atomic E-state index is 0.0150. The van der Waals surface area contributed by atoms with E-state index in [2.05, 4.69) is 51.7 Å². The van der Waals surface area contributed by atoms with Crippen molar-refractivity contribution >= 4 is 5.97 Å². The molecule has 2 rings (SSSR count). The number of aliphatic hydroxyl groups excluding tert-OH is 1. The molecule has 208 valence electrons. The molecule has 0 aliphatic carbocycles. The number of benzene rings is 2. The van der Waals surface area contributed by atoms with E-state index in [0.29, 0.717) is 24.3 Å². The first kappa shape index (κ1) is 32.7. The number of carbonyl (C=O) groups is 1. The minimum Gasteiger partial charge on any atom is -0.508 e. The molecule has 3 N–H and O–H groups in total. The maximum absolute atomic E-state index is 10.5. The summed E-state index contributed by atoms with van der Waals surface area (Å²) in [5.41, 5.74) is 2.92. The van der Waals surface area contributed by atoms with Crippen LogP contribution in [0.5, 0.6) is 5.75 Å². The van der Waals surface area contributed by atoms with Gasteiger partial charge in [0.1, 0.15) is 5.75 Å². The van der Waals surface area contributed by atoms with E-state index < -0.39 is 5.97 Å². The standard InChI is InChI=1S/C22H31NO2.C10H20O2/c1-16(2)23(17(3)4)13-12-20(19-8-6-5-7-9-19)21-14-18(15-24)10-11-22(21)25;1-2-3-4-5-6-7-8-9-10(11)12/h5-11,14,16-17,20,24-25H,12-13,15H2,1-4H3;2-9H2,1H3,(H,11,12)/t20-;/m1./s1. The summed E-state index contributed by atoms with van der Waals surface area (Å²) >= 11 is 0. The molecule has 5 nitrogen and oxygen atoms in total. The maximum atomic E-state index is 10.5. The van der Waals surface area contributed by atoms with Crippen molar-refractivity contribution in [3.8, 4) is 5.75 Å². The van der Waals surface area contributed by atoms with Crippen molar-refractivity contribution in [2.24, 2.45) is 0 Å². The molecule has 0 saturated carbocycles. The second kappa shape index (κ2) is 18.8. The number of aliphatic carboxylic acids is 1. The number of nitrogens with zero attached hydrogens (tertiary/aromatic N) is 1. The molecule has 2 aromatic rings. The summed E-state index contributed by atoms with van der Waals surface area (Å²) in [4.78, 5) is 12.6. The van der Waals surface area contributed by atoms with Gasteiger partial charge in [0, 0.05) is 30.0 Å². The zero-order valence-electron chi connectivity index (χ0n) is 23.8. The molecular weight excluding hydrogens is 462 g/mol. The van der Waals surface area contributed by atoms with Crippen LogP contribution in [-0.2, 0) is 11.4 Å². The highest BCUT2D eigenvalue weighted by Gasteiger charge is 2.21. The molecule has 0 amide bonds. The highest BCUT2D eigenvalue weighted by molar-refractivity contribution is 5.66. The first-order chi connectivity index (χ1) is 17.7. The third-order valence-corrected chi connectivity index (χ3v) is 6.85. The summed E-state index contributed by atoms with van der Waals surface area (Å²) < 4.78 is 0. The van der Waals surface area contributed by atoms with Gasteiger partial charge in [0.15, 0.2) is 0 Å². The van der Waals surface area contributed by atoms with Crippen molar-refractivity contribution < 1.29 is 20.1 Å². The van der Waals surface area contributed by atoms with Gasteiger partial charge < -0.3 is 15.3 Å².